The van der Waals surface area contributed by atoms with Crippen molar-refractivity contribution in [1.82, 2.24) is 4.90 Å². The molecule has 2 saturated carbocycles. The lowest BCUT2D eigenvalue weighted by molar-refractivity contribution is -0.130. The molecule has 3 aliphatic carbocycles. The first-order valence-corrected chi connectivity index (χ1v) is 16.1. The highest BCUT2D eigenvalue weighted by molar-refractivity contribution is 5.75. The molecule has 0 bridgehead atoms. The Labute approximate surface area is 232 Å². The van der Waals surface area contributed by atoms with E-state index in [0.29, 0.717) is 41.7 Å². The first-order valence-electron chi connectivity index (χ1n) is 16.1. The van der Waals surface area contributed by atoms with E-state index < -0.39 is 0 Å². The third kappa shape index (κ3) is 6.77. The van der Waals surface area contributed by atoms with Gasteiger partial charge in [0.1, 0.15) is 5.75 Å². The maximum absolute atomic E-state index is 12.2. The zero-order valence-electron chi connectivity index (χ0n) is 24.6. The van der Waals surface area contributed by atoms with E-state index in [0.717, 1.165) is 45.1 Å². The lowest BCUT2D eigenvalue weighted by Crippen LogP contribution is -2.47. The van der Waals surface area contributed by atoms with Gasteiger partial charge in [-0.1, -0.05) is 71.3 Å². The number of benzene rings is 1. The summed E-state index contributed by atoms with van der Waals surface area (Å²) in [5.41, 5.74) is 2.97. The van der Waals surface area contributed by atoms with Gasteiger partial charge in [0.05, 0.1) is 6.10 Å². The molecule has 4 rings (SSSR count). The molecule has 1 amide bonds. The normalized spacial score (nSPS) is 29.9. The highest BCUT2D eigenvalue weighted by Crippen LogP contribution is 2.62. The number of unbranched alkanes of at least 4 members (excludes halogenated alkanes) is 8. The summed E-state index contributed by atoms with van der Waals surface area (Å²) in [6.45, 7) is 5.44. The van der Waals surface area contributed by atoms with Crippen molar-refractivity contribution in [2.75, 3.05) is 13.6 Å². The van der Waals surface area contributed by atoms with E-state index in [1.165, 1.54) is 75.3 Å². The summed E-state index contributed by atoms with van der Waals surface area (Å²) in [6.07, 6.45) is 19.7. The van der Waals surface area contributed by atoms with Crippen LogP contribution in [0.4, 0.5) is 0 Å². The largest absolute Gasteiger partial charge is 0.508 e. The van der Waals surface area contributed by atoms with Gasteiger partial charge in [-0.15, -0.1) is 0 Å². The van der Waals surface area contributed by atoms with Crippen LogP contribution in [0, 0.1) is 23.2 Å². The number of carbonyl (C=O) groups excluding carboxylic acids is 1. The molecule has 3 aliphatic rings. The van der Waals surface area contributed by atoms with Gasteiger partial charge in [-0.05, 0) is 104 Å². The smallest absolute Gasteiger partial charge is 0.222 e. The van der Waals surface area contributed by atoms with Crippen LogP contribution in [0.2, 0.25) is 0 Å². The van der Waals surface area contributed by atoms with Crippen molar-refractivity contribution in [3.63, 3.8) is 0 Å². The first kappa shape index (κ1) is 29.4. The minimum Gasteiger partial charge on any atom is -0.508 e. The van der Waals surface area contributed by atoms with E-state index >= 15 is 0 Å². The Hall–Kier alpha value is -1.55. The number of hydrogen-bond donors (Lipinski definition) is 2. The Bertz CT molecular complexity index is 900. The summed E-state index contributed by atoms with van der Waals surface area (Å²) in [4.78, 5) is 14.1. The fourth-order valence-electron chi connectivity index (χ4n) is 8.49. The van der Waals surface area contributed by atoms with Gasteiger partial charge < -0.3 is 15.1 Å². The van der Waals surface area contributed by atoms with Crippen LogP contribution < -0.4 is 0 Å². The molecule has 0 aliphatic heterocycles. The molecule has 0 heterocycles. The molecule has 1 aromatic rings. The van der Waals surface area contributed by atoms with E-state index in [-0.39, 0.29) is 11.5 Å². The maximum Gasteiger partial charge on any atom is 0.222 e. The second kappa shape index (κ2) is 13.7. The second-order valence-electron chi connectivity index (χ2n) is 13.3. The number of aliphatic hydroxyl groups is 1. The van der Waals surface area contributed by atoms with Crippen molar-refractivity contribution in [2.45, 2.75) is 135 Å². The van der Waals surface area contributed by atoms with Crippen molar-refractivity contribution < 1.29 is 15.0 Å². The zero-order valence-corrected chi connectivity index (χ0v) is 24.6. The summed E-state index contributed by atoms with van der Waals surface area (Å²) in [5, 5.41) is 21.1. The number of amides is 1. The second-order valence-corrected chi connectivity index (χ2v) is 13.3. The molecule has 1 aromatic carbocycles. The number of hydrogen-bond acceptors (Lipinski definition) is 3. The van der Waals surface area contributed by atoms with Crippen LogP contribution in [-0.4, -0.2) is 40.7 Å². The molecule has 38 heavy (non-hydrogen) atoms. The fraction of sp³-hybridized carbons (Fsp3) is 0.794. The summed E-state index contributed by atoms with van der Waals surface area (Å²) in [7, 11) is 1.94. The molecule has 0 aromatic heterocycles. The van der Waals surface area contributed by atoms with Gasteiger partial charge in [0.2, 0.25) is 5.91 Å². The molecule has 1 unspecified atom stereocenters. The monoisotopic (exact) mass is 525 g/mol. The number of phenols is 1. The van der Waals surface area contributed by atoms with Crippen LogP contribution in [0.3, 0.4) is 0 Å². The highest BCUT2D eigenvalue weighted by atomic mass is 16.3. The molecule has 2 N–H and O–H groups in total. The van der Waals surface area contributed by atoms with Crippen LogP contribution in [0.1, 0.15) is 134 Å². The molecule has 2 fully saturated rings. The molecule has 0 saturated heterocycles. The van der Waals surface area contributed by atoms with Crippen LogP contribution in [0.5, 0.6) is 5.75 Å². The van der Waals surface area contributed by atoms with Crippen LogP contribution in [-0.2, 0) is 11.2 Å². The standard InChI is InChI=1S/C34H55NO3/c1-4-5-22-35(3)32(38)15-13-11-9-7-6-8-10-12-14-25-23-26-24-27(36)16-17-28(26)29-20-21-34(2)30(33(25)29)18-19-31(34)37/h16-17,24-25,29-31,33,36-37H,4-15,18-23H2,1-3H3/t25?,29-,30+,31+,33-,34+/m1/s1. The number of phenolic OH excluding ortho intramolecular Hbond substituents is 1. The summed E-state index contributed by atoms with van der Waals surface area (Å²) in [6, 6.07) is 6.12. The van der Waals surface area contributed by atoms with Gasteiger partial charge in [-0.2, -0.15) is 0 Å². The fourth-order valence-corrected chi connectivity index (χ4v) is 8.49. The lowest BCUT2D eigenvalue weighted by Gasteiger charge is -2.53. The molecular weight excluding hydrogens is 470 g/mol. The third-order valence-electron chi connectivity index (χ3n) is 10.8. The molecule has 214 valence electrons. The Balaban J connectivity index is 1.19. The van der Waals surface area contributed by atoms with Gasteiger partial charge in [0.25, 0.3) is 0 Å². The SMILES string of the molecule is CCCCN(C)C(=O)CCCCCCCCCCC1Cc2cc(O)ccc2[C@H]2CC[C@]3(C)[C@@H](O)CC[C@H]3[C@H]12. The number of aliphatic hydroxyl groups excluding tert-OH is 1. The van der Waals surface area contributed by atoms with Gasteiger partial charge in [-0.25, -0.2) is 0 Å². The van der Waals surface area contributed by atoms with E-state index in [1.807, 2.05) is 24.1 Å². The van der Waals surface area contributed by atoms with Gasteiger partial charge >= 0.3 is 0 Å². The minimum absolute atomic E-state index is 0.101. The highest BCUT2D eigenvalue weighted by Gasteiger charge is 2.56. The molecule has 0 radical (unpaired) electrons. The van der Waals surface area contributed by atoms with Gasteiger partial charge in [0.15, 0.2) is 0 Å². The number of nitrogens with zero attached hydrogens (tertiary/aromatic N) is 1. The number of aromatic hydroxyl groups is 1. The van der Waals surface area contributed by atoms with Crippen molar-refractivity contribution in [3.05, 3.63) is 29.3 Å². The topological polar surface area (TPSA) is 60.8 Å². The average molecular weight is 526 g/mol. The van der Waals surface area contributed by atoms with Crippen molar-refractivity contribution in [3.8, 4) is 5.75 Å². The van der Waals surface area contributed by atoms with Crippen molar-refractivity contribution in [1.29, 1.82) is 0 Å². The van der Waals surface area contributed by atoms with E-state index in [9.17, 15) is 15.0 Å². The maximum atomic E-state index is 12.2. The zero-order chi connectivity index (χ0) is 27.1. The lowest BCUT2D eigenvalue weighted by atomic mass is 9.52. The van der Waals surface area contributed by atoms with E-state index in [2.05, 4.69) is 19.9 Å². The third-order valence-corrected chi connectivity index (χ3v) is 10.8. The molecule has 4 nitrogen and oxygen atoms in total. The first-order chi connectivity index (χ1) is 18.3. The van der Waals surface area contributed by atoms with Crippen LogP contribution >= 0.6 is 0 Å². The van der Waals surface area contributed by atoms with Crippen molar-refractivity contribution >= 4 is 5.91 Å². The number of rotatable bonds is 14. The summed E-state index contributed by atoms with van der Waals surface area (Å²) >= 11 is 0. The molecule has 6 atom stereocenters. The Morgan fingerprint density at radius 2 is 1.71 bits per heavy atom. The number of carbonyl (C=O) groups is 1. The molecule has 0 spiro atoms. The van der Waals surface area contributed by atoms with E-state index in [4.69, 9.17) is 0 Å². The Morgan fingerprint density at radius 1 is 1.00 bits per heavy atom. The quantitative estimate of drug-likeness (QED) is 0.242. The van der Waals surface area contributed by atoms with Crippen molar-refractivity contribution in [2.24, 2.45) is 23.2 Å². The molecule has 4 heteroatoms. The Kier molecular flexibility index (Phi) is 10.6. The van der Waals surface area contributed by atoms with Crippen LogP contribution in [0.25, 0.3) is 0 Å². The van der Waals surface area contributed by atoms with Gasteiger partial charge in [-0.3, -0.25) is 4.79 Å². The van der Waals surface area contributed by atoms with Crippen LogP contribution in [0.15, 0.2) is 18.2 Å². The van der Waals surface area contributed by atoms with E-state index in [1.54, 1.807) is 0 Å². The summed E-state index contributed by atoms with van der Waals surface area (Å²) < 4.78 is 0. The van der Waals surface area contributed by atoms with Gasteiger partial charge in [0, 0.05) is 20.0 Å². The predicted octanol–water partition coefficient (Wildman–Crippen LogP) is 7.99. The minimum atomic E-state index is -0.129. The Morgan fingerprint density at radius 3 is 2.45 bits per heavy atom. The number of fused-ring (bicyclic) bond motifs is 5. The molecular formula is C34H55NO3. The summed E-state index contributed by atoms with van der Waals surface area (Å²) in [5.74, 6) is 3.33. The predicted molar refractivity (Wildman–Crippen MR) is 156 cm³/mol. The average Bonchev–Trinajstić information content (AvgIpc) is 3.21.